The first-order valence-corrected chi connectivity index (χ1v) is 7.70. The highest BCUT2D eigenvalue weighted by atomic mass is 16.6. The number of hydrogen-bond donors (Lipinski definition) is 1. The van der Waals surface area contributed by atoms with Crippen molar-refractivity contribution in [2.24, 2.45) is 5.90 Å². The van der Waals surface area contributed by atoms with Gasteiger partial charge in [-0.3, -0.25) is 4.90 Å². The van der Waals surface area contributed by atoms with Crippen LogP contribution >= 0.6 is 0 Å². The van der Waals surface area contributed by atoms with Gasteiger partial charge in [0.05, 0.1) is 12.8 Å². The van der Waals surface area contributed by atoms with E-state index >= 15 is 0 Å². The average Bonchev–Trinajstić information content (AvgIpc) is 2.67. The summed E-state index contributed by atoms with van der Waals surface area (Å²) in [6.45, 7) is 1.94. The number of anilines is 1. The summed E-state index contributed by atoms with van der Waals surface area (Å²) in [7, 11) is 2.82. The smallest absolute Gasteiger partial charge is 0.415 e. The number of para-hydroxylation sites is 1. The van der Waals surface area contributed by atoms with Crippen LogP contribution in [-0.2, 0) is 14.3 Å². The molecule has 0 unspecified atom stereocenters. The normalized spacial score (nSPS) is 11.5. The molecule has 1 amide bonds. The van der Waals surface area contributed by atoms with Crippen molar-refractivity contribution >= 4 is 23.1 Å². The number of amides is 1. The standard InChI is InChI=1S/C19H22N2O4/c1-14(15-9-5-4-6-10-15)18(25-20)16-11-7-8-12-17(16)21(13-23-2)19(22)24-3/h4-12H,13,20H2,1-3H3/b18-14+. The third-order valence-electron chi connectivity index (χ3n) is 3.76. The molecule has 2 rings (SSSR count). The Labute approximate surface area is 147 Å². The van der Waals surface area contributed by atoms with Gasteiger partial charge in [-0.1, -0.05) is 42.5 Å². The fourth-order valence-electron chi connectivity index (χ4n) is 2.53. The maximum Gasteiger partial charge on any atom is 0.415 e. The van der Waals surface area contributed by atoms with Crippen LogP contribution in [-0.4, -0.2) is 27.0 Å². The zero-order valence-corrected chi connectivity index (χ0v) is 14.6. The number of ether oxygens (including phenoxy) is 2. The molecule has 0 fully saturated rings. The zero-order chi connectivity index (χ0) is 18.2. The Balaban J connectivity index is 2.60. The Kier molecular flexibility index (Phi) is 6.56. The molecule has 25 heavy (non-hydrogen) atoms. The van der Waals surface area contributed by atoms with Gasteiger partial charge in [0, 0.05) is 18.2 Å². The van der Waals surface area contributed by atoms with Crippen LogP contribution in [0, 0.1) is 0 Å². The summed E-state index contributed by atoms with van der Waals surface area (Å²) in [4.78, 5) is 18.7. The van der Waals surface area contributed by atoms with E-state index in [2.05, 4.69) is 0 Å². The van der Waals surface area contributed by atoms with Crippen LogP contribution in [0.15, 0.2) is 54.6 Å². The van der Waals surface area contributed by atoms with Crippen molar-refractivity contribution < 1.29 is 19.1 Å². The lowest BCUT2D eigenvalue weighted by molar-refractivity contribution is 0.153. The fourth-order valence-corrected chi connectivity index (χ4v) is 2.53. The number of benzene rings is 2. The number of nitrogens with two attached hydrogens (primary N) is 1. The lowest BCUT2D eigenvalue weighted by Gasteiger charge is -2.24. The molecule has 0 aliphatic carbocycles. The summed E-state index contributed by atoms with van der Waals surface area (Å²) < 4.78 is 9.98. The van der Waals surface area contributed by atoms with E-state index in [9.17, 15) is 4.79 Å². The quantitative estimate of drug-likeness (QED) is 0.375. The van der Waals surface area contributed by atoms with Gasteiger partial charge in [0.2, 0.25) is 0 Å². The molecule has 2 N–H and O–H groups in total. The van der Waals surface area contributed by atoms with Gasteiger partial charge in [-0.2, -0.15) is 5.90 Å². The predicted molar refractivity (Wildman–Crippen MR) is 97.4 cm³/mol. The molecule has 0 aliphatic rings. The molecule has 132 valence electrons. The second-order valence-electron chi connectivity index (χ2n) is 5.27. The van der Waals surface area contributed by atoms with E-state index in [0.717, 1.165) is 11.1 Å². The maximum absolute atomic E-state index is 12.1. The molecule has 0 atom stereocenters. The summed E-state index contributed by atoms with van der Waals surface area (Å²) >= 11 is 0. The van der Waals surface area contributed by atoms with E-state index in [1.54, 1.807) is 6.07 Å². The molecule has 0 saturated heterocycles. The molecule has 0 spiro atoms. The SMILES string of the molecule is COCN(C(=O)OC)c1ccccc1/C(ON)=C(/C)c1ccccc1. The van der Waals surface area contributed by atoms with E-state index in [4.69, 9.17) is 20.2 Å². The Morgan fingerprint density at radius 1 is 1.04 bits per heavy atom. The van der Waals surface area contributed by atoms with Crippen LogP contribution in [0.2, 0.25) is 0 Å². The second-order valence-corrected chi connectivity index (χ2v) is 5.27. The number of allylic oxidation sites excluding steroid dienone is 1. The molecule has 6 heteroatoms. The molecular formula is C19H22N2O4. The molecule has 0 aliphatic heterocycles. The van der Waals surface area contributed by atoms with Gasteiger partial charge in [-0.25, -0.2) is 4.79 Å². The third kappa shape index (κ3) is 4.17. The van der Waals surface area contributed by atoms with Crippen molar-refractivity contribution in [3.63, 3.8) is 0 Å². The zero-order valence-electron chi connectivity index (χ0n) is 14.6. The molecule has 0 bridgehead atoms. The molecule has 0 saturated carbocycles. The monoisotopic (exact) mass is 342 g/mol. The minimum atomic E-state index is -0.539. The number of methoxy groups -OCH3 is 2. The summed E-state index contributed by atoms with van der Waals surface area (Å²) in [5.41, 5.74) is 3.05. The van der Waals surface area contributed by atoms with E-state index in [1.807, 2.05) is 55.5 Å². The van der Waals surface area contributed by atoms with Crippen LogP contribution in [0.3, 0.4) is 0 Å². The summed E-state index contributed by atoms with van der Waals surface area (Å²) in [5, 5.41) is 0. The molecule has 0 radical (unpaired) electrons. The number of rotatable bonds is 6. The topological polar surface area (TPSA) is 74.0 Å². The van der Waals surface area contributed by atoms with Crippen molar-refractivity contribution in [2.45, 2.75) is 6.92 Å². The molecule has 2 aromatic carbocycles. The van der Waals surface area contributed by atoms with Crippen LogP contribution in [0.5, 0.6) is 0 Å². The highest BCUT2D eigenvalue weighted by molar-refractivity contribution is 5.96. The summed E-state index contributed by atoms with van der Waals surface area (Å²) in [6.07, 6.45) is -0.539. The lowest BCUT2D eigenvalue weighted by atomic mass is 10.0. The predicted octanol–water partition coefficient (Wildman–Crippen LogP) is 3.64. The Hall–Kier alpha value is -2.83. The number of carbonyl (C=O) groups excluding carboxylic acids is 1. The minimum Gasteiger partial charge on any atom is -0.452 e. The molecule has 2 aromatic rings. The lowest BCUT2D eigenvalue weighted by Crippen LogP contribution is -2.33. The average molecular weight is 342 g/mol. The van der Waals surface area contributed by atoms with Crippen molar-refractivity contribution in [2.75, 3.05) is 25.9 Å². The Morgan fingerprint density at radius 2 is 1.68 bits per heavy atom. The van der Waals surface area contributed by atoms with Crippen LogP contribution in [0.1, 0.15) is 18.1 Å². The number of nitrogens with zero attached hydrogens (tertiary/aromatic N) is 1. The molecule has 0 heterocycles. The van der Waals surface area contributed by atoms with Crippen molar-refractivity contribution in [1.29, 1.82) is 0 Å². The maximum atomic E-state index is 12.1. The molecule has 6 nitrogen and oxygen atoms in total. The summed E-state index contributed by atoms with van der Waals surface area (Å²) in [5.74, 6) is 6.04. The van der Waals surface area contributed by atoms with Gasteiger partial charge in [-0.15, -0.1) is 0 Å². The second kappa shape index (κ2) is 8.86. The van der Waals surface area contributed by atoms with Crippen LogP contribution in [0.4, 0.5) is 10.5 Å². The summed E-state index contributed by atoms with van der Waals surface area (Å²) in [6, 6.07) is 17.0. The van der Waals surface area contributed by atoms with Gasteiger partial charge in [0.15, 0.2) is 5.76 Å². The highest BCUT2D eigenvalue weighted by Crippen LogP contribution is 2.33. The van der Waals surface area contributed by atoms with Crippen LogP contribution in [0.25, 0.3) is 11.3 Å². The number of carbonyl (C=O) groups is 1. The first-order valence-electron chi connectivity index (χ1n) is 7.70. The largest absolute Gasteiger partial charge is 0.452 e. The van der Waals surface area contributed by atoms with Crippen molar-refractivity contribution in [3.05, 3.63) is 65.7 Å². The first kappa shape index (κ1) is 18.5. The number of hydrogen-bond acceptors (Lipinski definition) is 5. The highest BCUT2D eigenvalue weighted by Gasteiger charge is 2.22. The van der Waals surface area contributed by atoms with E-state index in [0.29, 0.717) is 17.0 Å². The van der Waals surface area contributed by atoms with Gasteiger partial charge >= 0.3 is 6.09 Å². The van der Waals surface area contributed by atoms with Crippen LogP contribution < -0.4 is 10.8 Å². The van der Waals surface area contributed by atoms with E-state index in [1.165, 1.54) is 19.1 Å². The van der Waals surface area contributed by atoms with Crippen molar-refractivity contribution in [1.82, 2.24) is 0 Å². The Bertz CT molecular complexity index is 744. The van der Waals surface area contributed by atoms with E-state index in [-0.39, 0.29) is 6.73 Å². The van der Waals surface area contributed by atoms with E-state index < -0.39 is 6.09 Å². The molecular weight excluding hydrogens is 320 g/mol. The van der Waals surface area contributed by atoms with Crippen molar-refractivity contribution in [3.8, 4) is 0 Å². The molecule has 0 aromatic heterocycles. The minimum absolute atomic E-state index is 0.0337. The first-order chi connectivity index (χ1) is 12.1. The van der Waals surface area contributed by atoms with Gasteiger partial charge in [-0.05, 0) is 24.6 Å². The van der Waals surface area contributed by atoms with Gasteiger partial charge < -0.3 is 14.3 Å². The Morgan fingerprint density at radius 3 is 2.28 bits per heavy atom. The fraction of sp³-hybridized carbons (Fsp3) is 0.211. The van der Waals surface area contributed by atoms with Gasteiger partial charge in [0.1, 0.15) is 6.73 Å². The third-order valence-corrected chi connectivity index (χ3v) is 3.76. The van der Waals surface area contributed by atoms with Gasteiger partial charge in [0.25, 0.3) is 0 Å².